The summed E-state index contributed by atoms with van der Waals surface area (Å²) in [5.74, 6) is 0.831. The van der Waals surface area contributed by atoms with Crippen LogP contribution >= 0.6 is 11.3 Å². The van der Waals surface area contributed by atoms with Crippen LogP contribution in [0.5, 0.6) is 5.75 Å². The molecule has 2 heterocycles. The number of benzene rings is 1. The number of anilines is 1. The average Bonchev–Trinajstić information content (AvgIpc) is 2.97. The molecule has 3 rings (SSSR count). The van der Waals surface area contributed by atoms with E-state index in [0.29, 0.717) is 0 Å². The predicted molar refractivity (Wildman–Crippen MR) is 87.4 cm³/mol. The van der Waals surface area contributed by atoms with Crippen molar-refractivity contribution in [2.24, 2.45) is 0 Å². The molecule has 0 bridgehead atoms. The topological polar surface area (TPSA) is 38.2 Å². The van der Waals surface area contributed by atoms with E-state index >= 15 is 0 Å². The molecule has 0 N–H and O–H groups in total. The lowest BCUT2D eigenvalue weighted by molar-refractivity contribution is 0.419. The molecule has 0 atom stereocenters. The molecule has 0 aliphatic heterocycles. The van der Waals surface area contributed by atoms with Crippen molar-refractivity contribution in [1.29, 1.82) is 0 Å². The fraction of sp³-hybridized carbons (Fsp3) is 0.250. The van der Waals surface area contributed by atoms with E-state index in [4.69, 9.17) is 9.72 Å². The van der Waals surface area contributed by atoms with Crippen LogP contribution in [0.15, 0.2) is 42.7 Å². The van der Waals surface area contributed by atoms with Gasteiger partial charge in [0.2, 0.25) is 0 Å². The van der Waals surface area contributed by atoms with E-state index in [2.05, 4.69) is 35.1 Å². The first kappa shape index (κ1) is 13.8. The van der Waals surface area contributed by atoms with Crippen LogP contribution in [-0.2, 0) is 6.42 Å². The zero-order chi connectivity index (χ0) is 14.7. The molecule has 0 radical (unpaired) electrons. The summed E-state index contributed by atoms with van der Waals surface area (Å²) in [5.41, 5.74) is 2.23. The van der Waals surface area contributed by atoms with Gasteiger partial charge in [0.25, 0.3) is 0 Å². The summed E-state index contributed by atoms with van der Waals surface area (Å²) in [5, 5.41) is 1.02. The Morgan fingerprint density at radius 3 is 2.76 bits per heavy atom. The first-order valence-corrected chi connectivity index (χ1v) is 7.63. The summed E-state index contributed by atoms with van der Waals surface area (Å²) < 4.78 is 6.52. The van der Waals surface area contributed by atoms with Crippen LogP contribution in [0.3, 0.4) is 0 Å². The second-order valence-corrected chi connectivity index (χ2v) is 5.84. The summed E-state index contributed by atoms with van der Waals surface area (Å²) in [6.45, 7) is 0.923. The number of methoxy groups -OCH3 is 1. The van der Waals surface area contributed by atoms with Gasteiger partial charge in [-0.1, -0.05) is 17.4 Å². The SMILES string of the molecule is COc1cccc2sc(N(C)CCc3ccncc3)nc12. The number of likely N-dealkylation sites (N-methyl/N-ethyl adjacent to an activating group) is 1. The molecule has 5 heteroatoms. The maximum Gasteiger partial charge on any atom is 0.186 e. The first-order chi connectivity index (χ1) is 10.3. The van der Waals surface area contributed by atoms with Crippen LogP contribution in [0, 0.1) is 0 Å². The van der Waals surface area contributed by atoms with Gasteiger partial charge in [-0.2, -0.15) is 0 Å². The highest BCUT2D eigenvalue weighted by molar-refractivity contribution is 7.22. The van der Waals surface area contributed by atoms with E-state index in [-0.39, 0.29) is 0 Å². The molecule has 0 unspecified atom stereocenters. The Morgan fingerprint density at radius 1 is 1.19 bits per heavy atom. The molecule has 0 aliphatic rings. The number of rotatable bonds is 5. The van der Waals surface area contributed by atoms with E-state index in [9.17, 15) is 0 Å². The molecular formula is C16H17N3OS. The van der Waals surface area contributed by atoms with Crippen molar-refractivity contribution in [3.8, 4) is 5.75 Å². The molecule has 108 valence electrons. The van der Waals surface area contributed by atoms with Gasteiger partial charge in [0.1, 0.15) is 11.3 Å². The third-order valence-electron chi connectivity index (χ3n) is 3.40. The minimum atomic E-state index is 0.831. The molecule has 0 spiro atoms. The lowest BCUT2D eigenvalue weighted by Crippen LogP contribution is -2.19. The van der Waals surface area contributed by atoms with E-state index in [1.807, 2.05) is 24.5 Å². The van der Waals surface area contributed by atoms with Gasteiger partial charge in [-0.05, 0) is 36.2 Å². The number of aromatic nitrogens is 2. The number of para-hydroxylation sites is 1. The summed E-state index contributed by atoms with van der Waals surface area (Å²) in [6.07, 6.45) is 4.64. The highest BCUT2D eigenvalue weighted by atomic mass is 32.1. The number of fused-ring (bicyclic) bond motifs is 1. The maximum absolute atomic E-state index is 5.37. The molecule has 0 fully saturated rings. The number of thiazole rings is 1. The molecular weight excluding hydrogens is 282 g/mol. The number of nitrogens with zero attached hydrogens (tertiary/aromatic N) is 3. The van der Waals surface area contributed by atoms with Gasteiger partial charge in [0.05, 0.1) is 11.8 Å². The Labute approximate surface area is 128 Å². The van der Waals surface area contributed by atoms with Crippen LogP contribution < -0.4 is 9.64 Å². The van der Waals surface area contributed by atoms with Crippen LogP contribution in [0.2, 0.25) is 0 Å². The van der Waals surface area contributed by atoms with Gasteiger partial charge in [-0.15, -0.1) is 0 Å². The van der Waals surface area contributed by atoms with E-state index in [0.717, 1.165) is 34.1 Å². The second kappa shape index (κ2) is 6.10. The first-order valence-electron chi connectivity index (χ1n) is 6.81. The van der Waals surface area contributed by atoms with E-state index < -0.39 is 0 Å². The highest BCUT2D eigenvalue weighted by Gasteiger charge is 2.11. The van der Waals surface area contributed by atoms with Crippen molar-refractivity contribution >= 4 is 26.7 Å². The summed E-state index contributed by atoms with van der Waals surface area (Å²) in [7, 11) is 3.76. The van der Waals surface area contributed by atoms with Crippen molar-refractivity contribution in [3.63, 3.8) is 0 Å². The summed E-state index contributed by atoms with van der Waals surface area (Å²) >= 11 is 1.69. The Balaban J connectivity index is 1.77. The van der Waals surface area contributed by atoms with Gasteiger partial charge >= 0.3 is 0 Å². The number of hydrogen-bond donors (Lipinski definition) is 0. The zero-order valence-corrected chi connectivity index (χ0v) is 12.9. The molecule has 0 aliphatic carbocycles. The highest BCUT2D eigenvalue weighted by Crippen LogP contribution is 2.33. The largest absolute Gasteiger partial charge is 0.494 e. The smallest absolute Gasteiger partial charge is 0.186 e. The number of ether oxygens (including phenoxy) is 1. The monoisotopic (exact) mass is 299 g/mol. The van der Waals surface area contributed by atoms with Gasteiger partial charge in [0.15, 0.2) is 5.13 Å². The van der Waals surface area contributed by atoms with Crippen LogP contribution in [0.4, 0.5) is 5.13 Å². The fourth-order valence-electron chi connectivity index (χ4n) is 2.18. The molecule has 0 amide bonds. The lowest BCUT2D eigenvalue weighted by Gasteiger charge is -2.15. The van der Waals surface area contributed by atoms with Crippen molar-refractivity contribution in [1.82, 2.24) is 9.97 Å². The maximum atomic E-state index is 5.37. The van der Waals surface area contributed by atoms with E-state index in [1.165, 1.54) is 5.56 Å². The summed E-state index contributed by atoms with van der Waals surface area (Å²) in [4.78, 5) is 10.9. The lowest BCUT2D eigenvalue weighted by atomic mass is 10.2. The molecule has 0 saturated carbocycles. The minimum absolute atomic E-state index is 0.831. The average molecular weight is 299 g/mol. The summed E-state index contributed by atoms with van der Waals surface area (Å²) in [6, 6.07) is 10.1. The van der Waals surface area contributed by atoms with Gasteiger partial charge < -0.3 is 9.64 Å². The molecule has 21 heavy (non-hydrogen) atoms. The Kier molecular flexibility index (Phi) is 4.01. The fourth-order valence-corrected chi connectivity index (χ4v) is 3.15. The van der Waals surface area contributed by atoms with Crippen molar-refractivity contribution in [3.05, 3.63) is 48.3 Å². The number of hydrogen-bond acceptors (Lipinski definition) is 5. The van der Waals surface area contributed by atoms with Crippen LogP contribution in [0.1, 0.15) is 5.56 Å². The van der Waals surface area contributed by atoms with Crippen molar-refractivity contribution in [2.45, 2.75) is 6.42 Å². The Bertz CT molecular complexity index is 727. The zero-order valence-electron chi connectivity index (χ0n) is 12.1. The number of pyridine rings is 1. The van der Waals surface area contributed by atoms with Crippen LogP contribution in [-0.4, -0.2) is 30.7 Å². The quantitative estimate of drug-likeness (QED) is 0.724. The van der Waals surface area contributed by atoms with E-state index in [1.54, 1.807) is 18.4 Å². The second-order valence-electron chi connectivity index (χ2n) is 4.83. The Hall–Kier alpha value is -2.14. The molecule has 1 aromatic carbocycles. The van der Waals surface area contributed by atoms with Crippen molar-refractivity contribution < 1.29 is 4.74 Å². The third-order valence-corrected chi connectivity index (χ3v) is 4.54. The molecule has 3 aromatic rings. The standard InChI is InChI=1S/C16H17N3OS/c1-19(11-8-12-6-9-17-10-7-12)16-18-15-13(20-2)4-3-5-14(15)21-16/h3-7,9-10H,8,11H2,1-2H3. The van der Waals surface area contributed by atoms with Crippen molar-refractivity contribution in [2.75, 3.05) is 25.6 Å². The molecule has 2 aromatic heterocycles. The molecule has 0 saturated heterocycles. The van der Waals surface area contributed by atoms with Crippen LogP contribution in [0.25, 0.3) is 10.2 Å². The predicted octanol–water partition coefficient (Wildman–Crippen LogP) is 3.38. The normalized spacial score (nSPS) is 10.8. The van der Waals surface area contributed by atoms with Gasteiger partial charge in [-0.3, -0.25) is 4.98 Å². The minimum Gasteiger partial charge on any atom is -0.494 e. The van der Waals surface area contributed by atoms with Gasteiger partial charge in [-0.25, -0.2) is 4.98 Å². The Morgan fingerprint density at radius 2 is 2.00 bits per heavy atom. The van der Waals surface area contributed by atoms with Gasteiger partial charge in [0, 0.05) is 26.0 Å². The third kappa shape index (κ3) is 2.97. The molecule has 4 nitrogen and oxygen atoms in total.